The molecule has 2 aromatic rings. The summed E-state index contributed by atoms with van der Waals surface area (Å²) in [6, 6.07) is 10.4. The highest BCUT2D eigenvalue weighted by Gasteiger charge is 2.18. The van der Waals surface area contributed by atoms with Crippen LogP contribution in [-0.2, 0) is 11.2 Å². The van der Waals surface area contributed by atoms with Gasteiger partial charge in [0.25, 0.3) is 0 Å². The summed E-state index contributed by atoms with van der Waals surface area (Å²) in [6.45, 7) is 0.527. The van der Waals surface area contributed by atoms with Crippen molar-refractivity contribution in [3.63, 3.8) is 0 Å². The monoisotopic (exact) mass is 347 g/mol. The molecule has 0 radical (unpaired) electrons. The van der Waals surface area contributed by atoms with Crippen molar-refractivity contribution in [2.24, 2.45) is 5.73 Å². The van der Waals surface area contributed by atoms with E-state index in [1.54, 1.807) is 7.11 Å². The first kappa shape index (κ1) is 17.8. The molecule has 0 saturated heterocycles. The molecule has 1 atom stereocenters. The Morgan fingerprint density at radius 3 is 2.58 bits per heavy atom. The number of amides is 3. The minimum atomic E-state index is -0.639. The molecule has 0 aliphatic heterocycles. The van der Waals surface area contributed by atoms with Gasteiger partial charge in [0, 0.05) is 11.4 Å². The summed E-state index contributed by atoms with van der Waals surface area (Å²) in [7, 11) is 1.62. The van der Waals surface area contributed by atoms with E-state index in [4.69, 9.17) is 10.5 Å². The number of thiophene rings is 1. The molecule has 0 bridgehead atoms. The Balaban J connectivity index is 1.81. The third kappa shape index (κ3) is 5.58. The second kappa shape index (κ2) is 8.93. The van der Waals surface area contributed by atoms with Crippen molar-refractivity contribution in [1.29, 1.82) is 0 Å². The van der Waals surface area contributed by atoms with E-state index in [0.29, 0.717) is 6.54 Å². The lowest BCUT2D eigenvalue weighted by atomic mass is 10.1. The lowest BCUT2D eigenvalue weighted by molar-refractivity contribution is -0.121. The summed E-state index contributed by atoms with van der Waals surface area (Å²) in [5.41, 5.74) is 6.30. The Bertz CT molecular complexity index is 656. The second-order valence-electron chi connectivity index (χ2n) is 5.23. The number of methoxy groups -OCH3 is 1. The van der Waals surface area contributed by atoms with Crippen molar-refractivity contribution in [2.45, 2.75) is 18.9 Å². The SMILES string of the molecule is COc1ccc(CCNC(=O)C[C@H](NC(N)=O)c2cccs2)cc1. The molecule has 128 valence electrons. The van der Waals surface area contributed by atoms with E-state index in [1.165, 1.54) is 11.3 Å². The summed E-state index contributed by atoms with van der Waals surface area (Å²) in [5, 5.41) is 7.37. The molecule has 24 heavy (non-hydrogen) atoms. The molecule has 1 aromatic carbocycles. The van der Waals surface area contributed by atoms with Crippen molar-refractivity contribution in [3.05, 3.63) is 52.2 Å². The molecular formula is C17H21N3O3S. The molecule has 4 N–H and O–H groups in total. The largest absolute Gasteiger partial charge is 0.497 e. The highest BCUT2D eigenvalue weighted by Crippen LogP contribution is 2.21. The van der Waals surface area contributed by atoms with Crippen LogP contribution in [0.5, 0.6) is 5.75 Å². The Kier molecular flexibility index (Phi) is 6.62. The van der Waals surface area contributed by atoms with Gasteiger partial charge in [-0.3, -0.25) is 4.79 Å². The maximum absolute atomic E-state index is 12.1. The van der Waals surface area contributed by atoms with Crippen LogP contribution in [0.3, 0.4) is 0 Å². The van der Waals surface area contributed by atoms with Crippen molar-refractivity contribution in [1.82, 2.24) is 10.6 Å². The number of carbonyl (C=O) groups is 2. The maximum Gasteiger partial charge on any atom is 0.312 e. The Labute approximate surface area is 145 Å². The summed E-state index contributed by atoms with van der Waals surface area (Å²) < 4.78 is 5.11. The number of rotatable bonds is 8. The van der Waals surface area contributed by atoms with E-state index >= 15 is 0 Å². The predicted octanol–water partition coefficient (Wildman–Crippen LogP) is 2.22. The lowest BCUT2D eigenvalue weighted by Crippen LogP contribution is -2.36. The zero-order valence-corrected chi connectivity index (χ0v) is 14.3. The Morgan fingerprint density at radius 2 is 2.00 bits per heavy atom. The quantitative estimate of drug-likeness (QED) is 0.683. The third-order valence-electron chi connectivity index (χ3n) is 3.49. The molecule has 0 spiro atoms. The predicted molar refractivity (Wildman–Crippen MR) is 94.1 cm³/mol. The lowest BCUT2D eigenvalue weighted by Gasteiger charge is -2.16. The van der Waals surface area contributed by atoms with Crippen LogP contribution >= 0.6 is 11.3 Å². The minimum absolute atomic E-state index is 0.129. The van der Waals surface area contributed by atoms with Gasteiger partial charge in [0.05, 0.1) is 19.6 Å². The molecule has 0 unspecified atom stereocenters. The van der Waals surface area contributed by atoms with Gasteiger partial charge in [-0.15, -0.1) is 11.3 Å². The standard InChI is InChI=1S/C17H21N3O3S/c1-23-13-6-4-12(5-7-13)8-9-19-16(21)11-14(20-17(18)22)15-3-2-10-24-15/h2-7,10,14H,8-9,11H2,1H3,(H,19,21)(H3,18,20,22)/t14-/m0/s1. The fourth-order valence-corrected chi connectivity index (χ4v) is 3.06. The highest BCUT2D eigenvalue weighted by atomic mass is 32.1. The summed E-state index contributed by atoms with van der Waals surface area (Å²) in [4.78, 5) is 24.1. The van der Waals surface area contributed by atoms with Crippen LogP contribution < -0.4 is 21.1 Å². The number of primary amides is 1. The van der Waals surface area contributed by atoms with Crippen LogP contribution in [-0.4, -0.2) is 25.6 Å². The molecule has 3 amide bonds. The van der Waals surface area contributed by atoms with Crippen LogP contribution in [0.15, 0.2) is 41.8 Å². The van der Waals surface area contributed by atoms with Gasteiger partial charge in [-0.1, -0.05) is 18.2 Å². The highest BCUT2D eigenvalue weighted by molar-refractivity contribution is 7.10. The minimum Gasteiger partial charge on any atom is -0.497 e. The number of ether oxygens (including phenoxy) is 1. The topological polar surface area (TPSA) is 93.4 Å². The number of benzene rings is 1. The van der Waals surface area contributed by atoms with E-state index in [2.05, 4.69) is 10.6 Å². The van der Waals surface area contributed by atoms with Crippen LogP contribution in [0, 0.1) is 0 Å². The van der Waals surface area contributed by atoms with E-state index in [0.717, 1.165) is 22.6 Å². The molecule has 0 aliphatic carbocycles. The first-order valence-electron chi connectivity index (χ1n) is 7.57. The first-order valence-corrected chi connectivity index (χ1v) is 8.45. The van der Waals surface area contributed by atoms with Gasteiger partial charge in [0.2, 0.25) is 5.91 Å². The van der Waals surface area contributed by atoms with Gasteiger partial charge in [-0.05, 0) is 35.6 Å². The summed E-state index contributed by atoms with van der Waals surface area (Å²) in [6.07, 6.45) is 0.884. The van der Waals surface area contributed by atoms with E-state index in [9.17, 15) is 9.59 Å². The number of nitrogens with two attached hydrogens (primary N) is 1. The maximum atomic E-state index is 12.1. The average Bonchev–Trinajstić information content (AvgIpc) is 3.09. The molecular weight excluding hydrogens is 326 g/mol. The van der Waals surface area contributed by atoms with Crippen molar-refractivity contribution >= 4 is 23.3 Å². The molecule has 6 nitrogen and oxygen atoms in total. The summed E-state index contributed by atoms with van der Waals surface area (Å²) in [5.74, 6) is 0.676. The number of nitrogens with one attached hydrogen (secondary N) is 2. The third-order valence-corrected chi connectivity index (χ3v) is 4.47. The van der Waals surface area contributed by atoms with Gasteiger partial charge in [-0.2, -0.15) is 0 Å². The number of urea groups is 1. The molecule has 2 rings (SSSR count). The molecule has 0 aliphatic rings. The second-order valence-corrected chi connectivity index (χ2v) is 6.21. The fraction of sp³-hybridized carbons (Fsp3) is 0.294. The normalized spacial score (nSPS) is 11.5. The van der Waals surface area contributed by atoms with E-state index in [1.807, 2.05) is 41.8 Å². The average molecular weight is 347 g/mol. The van der Waals surface area contributed by atoms with Crippen LogP contribution in [0.25, 0.3) is 0 Å². The Morgan fingerprint density at radius 1 is 1.25 bits per heavy atom. The molecule has 7 heteroatoms. The molecule has 1 aromatic heterocycles. The molecule has 0 fully saturated rings. The summed E-state index contributed by atoms with van der Waals surface area (Å²) >= 11 is 1.48. The van der Waals surface area contributed by atoms with Crippen molar-refractivity contribution in [2.75, 3.05) is 13.7 Å². The fourth-order valence-electron chi connectivity index (χ4n) is 2.28. The van der Waals surface area contributed by atoms with Crippen molar-refractivity contribution < 1.29 is 14.3 Å². The Hall–Kier alpha value is -2.54. The molecule has 0 saturated carbocycles. The number of hydrogen-bond acceptors (Lipinski definition) is 4. The zero-order chi connectivity index (χ0) is 17.4. The van der Waals surface area contributed by atoms with Crippen molar-refractivity contribution in [3.8, 4) is 5.75 Å². The molecule has 1 heterocycles. The van der Waals surface area contributed by atoms with Gasteiger partial charge < -0.3 is 21.1 Å². The van der Waals surface area contributed by atoms with Crippen LogP contribution in [0.2, 0.25) is 0 Å². The van der Waals surface area contributed by atoms with Crippen LogP contribution in [0.1, 0.15) is 22.9 Å². The van der Waals surface area contributed by atoms with Crippen LogP contribution in [0.4, 0.5) is 4.79 Å². The van der Waals surface area contributed by atoms with Gasteiger partial charge >= 0.3 is 6.03 Å². The van der Waals surface area contributed by atoms with Gasteiger partial charge in [0.15, 0.2) is 0 Å². The number of carbonyl (C=O) groups excluding carboxylic acids is 2. The van der Waals surface area contributed by atoms with E-state index < -0.39 is 12.1 Å². The zero-order valence-electron chi connectivity index (χ0n) is 13.5. The smallest absolute Gasteiger partial charge is 0.312 e. The number of hydrogen-bond donors (Lipinski definition) is 3. The van der Waals surface area contributed by atoms with E-state index in [-0.39, 0.29) is 12.3 Å². The first-order chi connectivity index (χ1) is 11.6. The van der Waals surface area contributed by atoms with Gasteiger partial charge in [-0.25, -0.2) is 4.79 Å². The van der Waals surface area contributed by atoms with Gasteiger partial charge in [0.1, 0.15) is 5.75 Å².